The smallest absolute Gasteiger partial charge is 0.435 e. The first-order chi connectivity index (χ1) is 20.1. The number of imidazole rings is 1. The van der Waals surface area contributed by atoms with Crippen LogP contribution in [0.3, 0.4) is 0 Å². The summed E-state index contributed by atoms with van der Waals surface area (Å²) in [6.07, 6.45) is 2.71. The van der Waals surface area contributed by atoms with E-state index in [1.54, 1.807) is 0 Å². The molecule has 1 rings (SSSR count). The van der Waals surface area contributed by atoms with Crippen LogP contribution in [-0.2, 0) is 35.3 Å². The molecule has 0 aliphatic heterocycles. The lowest BCUT2D eigenvalue weighted by Gasteiger charge is -2.27. The third-order valence-corrected chi connectivity index (χ3v) is 6.15. The normalized spacial score (nSPS) is 13.3. The molecule has 3 atom stereocenters. The summed E-state index contributed by atoms with van der Waals surface area (Å²) in [4.78, 5) is 90.0. The molecule has 0 unspecified atom stereocenters. The average molecular weight is 632 g/mol. The van der Waals surface area contributed by atoms with E-state index in [4.69, 9.17) is 11.5 Å². The number of aliphatic carboxylic acids is 1. The number of rotatable bonds is 18. The summed E-state index contributed by atoms with van der Waals surface area (Å²) in [5.74, 6) is -7.54. The number of amides is 5. The zero-order valence-corrected chi connectivity index (χ0v) is 24.5. The van der Waals surface area contributed by atoms with Crippen LogP contribution in [0.2, 0.25) is 0 Å². The van der Waals surface area contributed by atoms with Gasteiger partial charge in [0, 0.05) is 5.75 Å². The average Bonchev–Trinajstić information content (AvgIpc) is 3.39. The number of thiol groups is 1. The van der Waals surface area contributed by atoms with Crippen molar-refractivity contribution in [3.63, 3.8) is 0 Å². The molecule has 0 saturated carbocycles. The number of hydrogen-bond donors (Lipinski definition) is 8. The van der Waals surface area contributed by atoms with Crippen molar-refractivity contribution < 1.29 is 43.9 Å². The van der Waals surface area contributed by atoms with Gasteiger partial charge in [-0.3, -0.25) is 33.7 Å². The van der Waals surface area contributed by atoms with Crippen LogP contribution < -0.4 is 27.4 Å². The second-order valence-electron chi connectivity index (χ2n) is 9.84. The Bertz CT molecular complexity index is 1190. The van der Waals surface area contributed by atoms with E-state index in [-0.39, 0.29) is 25.1 Å². The number of carbonyl (C=O) groups excluding carboxylic acids is 5. The van der Waals surface area contributed by atoms with Crippen molar-refractivity contribution in [1.29, 1.82) is 0 Å². The summed E-state index contributed by atoms with van der Waals surface area (Å²) >= 11 is 4.04. The molecule has 0 aliphatic rings. The number of carboxylic acids is 1. The molecule has 1 heterocycles. The van der Waals surface area contributed by atoms with Crippen molar-refractivity contribution in [3.05, 3.63) is 22.5 Å². The number of nitro groups is 1. The lowest BCUT2D eigenvalue weighted by molar-refractivity contribution is -0.396. The van der Waals surface area contributed by atoms with Gasteiger partial charge in [-0.15, -0.1) is 0 Å². The SMILES string of the molecule is CC(C)(N)C(=O)N[C@@H](CO)C(=O)N[C@@H](CS)C(=O)N[C@@H](CCCCN)C(=O)N(CC(=O)O)C(=O)Cn1ccnc1[N+](=O)[O-]. The number of aliphatic hydroxyl groups is 1. The third-order valence-electron chi connectivity index (χ3n) is 5.79. The molecule has 1 aromatic heterocycles. The van der Waals surface area contributed by atoms with Gasteiger partial charge in [-0.05, 0) is 44.6 Å². The van der Waals surface area contributed by atoms with E-state index in [0.717, 1.165) is 17.0 Å². The Balaban J connectivity index is 3.18. The first-order valence-corrected chi connectivity index (χ1v) is 13.5. The highest BCUT2D eigenvalue weighted by molar-refractivity contribution is 7.80. The van der Waals surface area contributed by atoms with Gasteiger partial charge in [0.1, 0.15) is 37.1 Å². The number of hydrogen-bond acceptors (Lipinski definition) is 13. The summed E-state index contributed by atoms with van der Waals surface area (Å²) in [7, 11) is 0. The Morgan fingerprint density at radius 2 is 1.72 bits per heavy atom. The quantitative estimate of drug-likeness (QED) is 0.0338. The molecule has 0 aromatic carbocycles. The number of nitrogens with zero attached hydrogens (tertiary/aromatic N) is 4. The highest BCUT2D eigenvalue weighted by atomic mass is 32.1. The van der Waals surface area contributed by atoms with Gasteiger partial charge in [0.05, 0.1) is 12.1 Å². The van der Waals surface area contributed by atoms with Gasteiger partial charge >= 0.3 is 11.9 Å². The zero-order valence-electron chi connectivity index (χ0n) is 23.6. The number of imide groups is 1. The molecular weight excluding hydrogens is 594 g/mol. The number of carbonyl (C=O) groups is 6. The summed E-state index contributed by atoms with van der Waals surface area (Å²) < 4.78 is 0.807. The maximum Gasteiger partial charge on any atom is 0.435 e. The summed E-state index contributed by atoms with van der Waals surface area (Å²) in [5, 5.41) is 37.0. The first-order valence-electron chi connectivity index (χ1n) is 12.9. The van der Waals surface area contributed by atoms with Crippen LogP contribution in [0.4, 0.5) is 5.95 Å². The molecule has 0 spiro atoms. The van der Waals surface area contributed by atoms with Gasteiger partial charge in [-0.25, -0.2) is 4.57 Å². The van der Waals surface area contributed by atoms with Crippen molar-refractivity contribution in [3.8, 4) is 0 Å². The number of nitrogens with one attached hydrogen (secondary N) is 3. The van der Waals surface area contributed by atoms with Crippen LogP contribution in [-0.4, -0.2) is 114 Å². The molecule has 0 fully saturated rings. The van der Waals surface area contributed by atoms with E-state index in [0.29, 0.717) is 11.3 Å². The van der Waals surface area contributed by atoms with Crippen LogP contribution in [0.15, 0.2) is 12.4 Å². The summed E-state index contributed by atoms with van der Waals surface area (Å²) in [5.41, 5.74) is 9.82. The maximum absolute atomic E-state index is 13.4. The Labute approximate surface area is 251 Å². The van der Waals surface area contributed by atoms with Gasteiger partial charge in [0.2, 0.25) is 17.7 Å². The van der Waals surface area contributed by atoms with E-state index in [1.807, 2.05) is 0 Å². The predicted molar refractivity (Wildman–Crippen MR) is 151 cm³/mol. The van der Waals surface area contributed by atoms with Crippen molar-refractivity contribution in [2.45, 2.75) is 63.3 Å². The largest absolute Gasteiger partial charge is 0.480 e. The molecular formula is C23H37N9O10S. The van der Waals surface area contributed by atoms with Crippen LogP contribution >= 0.6 is 12.6 Å². The summed E-state index contributed by atoms with van der Waals surface area (Å²) in [6.45, 7) is 0.203. The first kappa shape index (κ1) is 36.9. The van der Waals surface area contributed by atoms with Crippen LogP contribution in [0, 0.1) is 10.1 Å². The van der Waals surface area contributed by atoms with Gasteiger partial charge in [0.15, 0.2) is 6.54 Å². The maximum atomic E-state index is 13.4. The standard InChI is InChI=1S/C23H37N9O10S/c1-23(2,25)21(40)29-14(11-33)18(37)28-15(12-43)19(38)27-13(5-3-4-6-24)20(39)31(10-17(35)36)16(34)9-30-8-7-26-22(30)32(41)42/h7-8,13-15,33,43H,3-6,9-12,24-25H2,1-2H3,(H,27,38)(H,28,37)(H,29,40)(H,35,36)/t13-,14-,15-/m0/s1. The number of nitrogens with two attached hydrogens (primary N) is 2. The van der Waals surface area contributed by atoms with E-state index >= 15 is 0 Å². The molecule has 1 aromatic rings. The number of aliphatic hydroxyl groups excluding tert-OH is 1. The zero-order chi connectivity index (χ0) is 32.9. The highest BCUT2D eigenvalue weighted by Gasteiger charge is 2.35. The molecule has 5 amide bonds. The Hall–Kier alpha value is -4.14. The van der Waals surface area contributed by atoms with Gasteiger partial charge in [0.25, 0.3) is 11.8 Å². The Kier molecular flexibility index (Phi) is 14.7. The lowest BCUT2D eigenvalue weighted by atomic mass is 10.1. The van der Waals surface area contributed by atoms with Gasteiger partial charge < -0.3 is 47.7 Å². The fourth-order valence-electron chi connectivity index (χ4n) is 3.47. The number of aromatic nitrogens is 2. The minimum absolute atomic E-state index is 0.0927. The minimum atomic E-state index is -1.58. The molecule has 0 saturated heterocycles. The molecule has 240 valence electrons. The van der Waals surface area contributed by atoms with Crippen molar-refractivity contribution in [2.24, 2.45) is 11.5 Å². The van der Waals surface area contributed by atoms with Crippen LogP contribution in [0.25, 0.3) is 0 Å². The van der Waals surface area contributed by atoms with E-state index in [2.05, 4.69) is 33.6 Å². The molecule has 20 heteroatoms. The monoisotopic (exact) mass is 631 g/mol. The number of carboxylic acid groups (broad SMARTS) is 1. The number of unbranched alkanes of at least 4 members (excludes halogenated alkanes) is 1. The molecule has 19 nitrogen and oxygen atoms in total. The Morgan fingerprint density at radius 3 is 2.23 bits per heavy atom. The molecule has 0 bridgehead atoms. The van der Waals surface area contributed by atoms with Crippen molar-refractivity contribution in [1.82, 2.24) is 30.4 Å². The second kappa shape index (κ2) is 17.1. The third kappa shape index (κ3) is 11.6. The predicted octanol–water partition coefficient (Wildman–Crippen LogP) is -3.53. The highest BCUT2D eigenvalue weighted by Crippen LogP contribution is 2.11. The van der Waals surface area contributed by atoms with E-state index in [1.165, 1.54) is 13.8 Å². The minimum Gasteiger partial charge on any atom is -0.480 e. The molecule has 0 radical (unpaired) electrons. The van der Waals surface area contributed by atoms with E-state index < -0.39 is 89.7 Å². The summed E-state index contributed by atoms with van der Waals surface area (Å²) in [6, 6.07) is -4.37. The van der Waals surface area contributed by atoms with E-state index in [9.17, 15) is 49.1 Å². The Morgan fingerprint density at radius 1 is 1.12 bits per heavy atom. The molecule has 9 N–H and O–H groups in total. The fourth-order valence-corrected chi connectivity index (χ4v) is 3.72. The van der Waals surface area contributed by atoms with Crippen LogP contribution in [0.1, 0.15) is 33.1 Å². The second-order valence-corrected chi connectivity index (χ2v) is 10.2. The van der Waals surface area contributed by atoms with Gasteiger partial charge in [-0.1, -0.05) is 4.98 Å². The topological polar surface area (TPSA) is 295 Å². The fraction of sp³-hybridized carbons (Fsp3) is 0.609. The van der Waals surface area contributed by atoms with Crippen molar-refractivity contribution >= 4 is 54.1 Å². The molecule has 43 heavy (non-hydrogen) atoms. The van der Waals surface area contributed by atoms with Crippen LogP contribution in [0.5, 0.6) is 0 Å². The molecule has 0 aliphatic carbocycles. The van der Waals surface area contributed by atoms with Gasteiger partial charge in [-0.2, -0.15) is 12.6 Å². The lowest BCUT2D eigenvalue weighted by Crippen LogP contribution is -2.60. The van der Waals surface area contributed by atoms with Crippen molar-refractivity contribution in [2.75, 3.05) is 25.4 Å².